The predicted molar refractivity (Wildman–Crippen MR) is 55.7 cm³/mol. The zero-order valence-electron chi connectivity index (χ0n) is 9.55. The summed E-state index contributed by atoms with van der Waals surface area (Å²) >= 11 is 0. The molecule has 1 aromatic rings. The smallest absolute Gasteiger partial charge is 0.395 e. The second-order valence-corrected chi connectivity index (χ2v) is 3.75. The molecule has 0 fully saturated rings. The molecule has 110 valence electrons. The van der Waals surface area contributed by atoms with Crippen molar-refractivity contribution in [2.24, 2.45) is 0 Å². The van der Waals surface area contributed by atoms with Crippen molar-refractivity contribution in [3.8, 4) is 11.5 Å². The van der Waals surface area contributed by atoms with E-state index >= 15 is 0 Å². The molecule has 5 nitrogen and oxygen atoms in total. The highest BCUT2D eigenvalue weighted by Crippen LogP contribution is 2.42. The molecule has 0 unspecified atom stereocenters. The van der Waals surface area contributed by atoms with E-state index in [0.29, 0.717) is 0 Å². The molecule has 0 atom stereocenters. The van der Waals surface area contributed by atoms with Crippen molar-refractivity contribution in [2.45, 2.75) is 12.5 Å². The van der Waals surface area contributed by atoms with Gasteiger partial charge < -0.3 is 20.1 Å². The Hall–Kier alpha value is -2.26. The van der Waals surface area contributed by atoms with Crippen LogP contribution >= 0.6 is 0 Å². The lowest BCUT2D eigenvalue weighted by Crippen LogP contribution is -2.36. The van der Waals surface area contributed by atoms with Crippen molar-refractivity contribution >= 4 is 11.7 Å². The lowest BCUT2D eigenvalue weighted by molar-refractivity contribution is -0.286. The van der Waals surface area contributed by atoms with E-state index in [0.717, 1.165) is 12.1 Å². The molecule has 1 heterocycles. The molecular formula is C10H7F5N2O3. The summed E-state index contributed by atoms with van der Waals surface area (Å²) in [6, 6.07) is 2.14. The van der Waals surface area contributed by atoms with Gasteiger partial charge in [0.25, 0.3) is 0 Å². The topological polar surface area (TPSA) is 59.6 Å². The molecule has 1 aliphatic heterocycles. The van der Waals surface area contributed by atoms with Gasteiger partial charge in [-0.15, -0.1) is 8.78 Å². The second-order valence-electron chi connectivity index (χ2n) is 3.75. The monoisotopic (exact) mass is 298 g/mol. The Morgan fingerprint density at radius 1 is 1.20 bits per heavy atom. The van der Waals surface area contributed by atoms with Gasteiger partial charge in [0.05, 0.1) is 0 Å². The van der Waals surface area contributed by atoms with Crippen LogP contribution < -0.4 is 20.1 Å². The van der Waals surface area contributed by atoms with E-state index in [1.165, 1.54) is 6.07 Å². The van der Waals surface area contributed by atoms with E-state index < -0.39 is 25.0 Å². The Labute approximate surface area is 108 Å². The number of rotatable bonds is 2. The lowest BCUT2D eigenvalue weighted by Gasteiger charge is -2.09. The molecule has 0 aliphatic carbocycles. The van der Waals surface area contributed by atoms with Crippen LogP contribution in [0, 0.1) is 0 Å². The largest absolute Gasteiger partial charge is 0.586 e. The zero-order chi connectivity index (χ0) is 15.0. The number of nitrogens with one attached hydrogen (secondary N) is 2. The first-order valence-electron chi connectivity index (χ1n) is 5.16. The Balaban J connectivity index is 1.97. The average Bonchev–Trinajstić information content (AvgIpc) is 2.59. The first kappa shape index (κ1) is 14.2. The molecule has 0 bridgehead atoms. The molecule has 2 amide bonds. The van der Waals surface area contributed by atoms with Crippen LogP contribution in [0.5, 0.6) is 11.5 Å². The van der Waals surface area contributed by atoms with Gasteiger partial charge in [0.1, 0.15) is 6.54 Å². The molecule has 1 aliphatic rings. The molecule has 2 rings (SSSR count). The average molecular weight is 298 g/mol. The van der Waals surface area contributed by atoms with Crippen LogP contribution in [0.4, 0.5) is 32.4 Å². The molecular weight excluding hydrogens is 291 g/mol. The zero-order valence-corrected chi connectivity index (χ0v) is 9.55. The first-order chi connectivity index (χ1) is 9.15. The van der Waals surface area contributed by atoms with Gasteiger partial charge in [0.2, 0.25) is 0 Å². The minimum absolute atomic E-state index is 0.0234. The summed E-state index contributed by atoms with van der Waals surface area (Å²) in [4.78, 5) is 11.1. The summed E-state index contributed by atoms with van der Waals surface area (Å²) in [5, 5.41) is 3.60. The second kappa shape index (κ2) is 4.69. The molecule has 10 heteroatoms. The van der Waals surface area contributed by atoms with Gasteiger partial charge in [-0.1, -0.05) is 0 Å². The summed E-state index contributed by atoms with van der Waals surface area (Å²) in [7, 11) is 0. The third-order valence-corrected chi connectivity index (χ3v) is 2.11. The number of carbonyl (C=O) groups is 1. The van der Waals surface area contributed by atoms with Crippen molar-refractivity contribution in [3.05, 3.63) is 18.2 Å². The lowest BCUT2D eigenvalue weighted by atomic mass is 10.3. The van der Waals surface area contributed by atoms with Crippen molar-refractivity contribution in [1.29, 1.82) is 0 Å². The fourth-order valence-electron chi connectivity index (χ4n) is 1.38. The fraction of sp³-hybridized carbons (Fsp3) is 0.300. The SMILES string of the molecule is O=C(NCC(F)(F)F)Nc1ccc2c(c1)OC(F)(F)O2. The van der Waals surface area contributed by atoms with Crippen LogP contribution in [0.1, 0.15) is 0 Å². The molecule has 20 heavy (non-hydrogen) atoms. The van der Waals surface area contributed by atoms with Crippen LogP contribution in [-0.2, 0) is 0 Å². The van der Waals surface area contributed by atoms with Crippen LogP contribution in [-0.4, -0.2) is 25.0 Å². The summed E-state index contributed by atoms with van der Waals surface area (Å²) in [6.07, 6.45) is -8.35. The van der Waals surface area contributed by atoms with Crippen molar-refractivity contribution in [1.82, 2.24) is 5.32 Å². The number of carbonyl (C=O) groups excluding carboxylic acids is 1. The standard InChI is InChI=1S/C10H7F5N2O3/c11-9(12,13)4-16-8(18)17-5-1-2-6-7(3-5)20-10(14,15)19-6/h1-3H,4H2,(H2,16,17,18). The number of hydrogen-bond donors (Lipinski definition) is 2. The maximum Gasteiger partial charge on any atom is 0.586 e. The van der Waals surface area contributed by atoms with E-state index in [4.69, 9.17) is 0 Å². The highest BCUT2D eigenvalue weighted by Gasteiger charge is 2.43. The Morgan fingerprint density at radius 3 is 2.50 bits per heavy atom. The van der Waals surface area contributed by atoms with Gasteiger partial charge >= 0.3 is 18.5 Å². The van der Waals surface area contributed by atoms with Gasteiger partial charge in [0, 0.05) is 11.8 Å². The van der Waals surface area contributed by atoms with E-state index in [1.807, 2.05) is 5.32 Å². The Morgan fingerprint density at radius 2 is 1.85 bits per heavy atom. The number of fused-ring (bicyclic) bond motifs is 1. The number of alkyl halides is 5. The molecule has 0 saturated carbocycles. The summed E-state index contributed by atoms with van der Waals surface area (Å²) in [5.74, 6) is -0.570. The highest BCUT2D eigenvalue weighted by atomic mass is 19.4. The number of anilines is 1. The summed E-state index contributed by atoms with van der Waals surface area (Å²) in [6.45, 7) is -1.51. The number of hydrogen-bond acceptors (Lipinski definition) is 3. The number of benzene rings is 1. The maximum absolute atomic E-state index is 12.7. The minimum Gasteiger partial charge on any atom is -0.395 e. The molecule has 2 N–H and O–H groups in total. The number of ether oxygens (including phenoxy) is 2. The quantitative estimate of drug-likeness (QED) is 0.825. The summed E-state index contributed by atoms with van der Waals surface area (Å²) < 4.78 is 69.2. The van der Waals surface area contributed by atoms with E-state index in [2.05, 4.69) is 9.47 Å². The molecule has 0 saturated heterocycles. The third-order valence-electron chi connectivity index (χ3n) is 2.11. The van der Waals surface area contributed by atoms with Gasteiger partial charge in [0.15, 0.2) is 11.5 Å². The van der Waals surface area contributed by atoms with Crippen molar-refractivity contribution < 1.29 is 36.2 Å². The van der Waals surface area contributed by atoms with Crippen LogP contribution in [0.2, 0.25) is 0 Å². The number of urea groups is 1. The molecule has 0 radical (unpaired) electrons. The fourth-order valence-corrected chi connectivity index (χ4v) is 1.38. The summed E-state index contributed by atoms with van der Waals surface area (Å²) in [5.41, 5.74) is -0.0234. The molecule has 1 aromatic carbocycles. The Kier molecular flexibility index (Phi) is 3.32. The van der Waals surface area contributed by atoms with E-state index in [9.17, 15) is 26.7 Å². The first-order valence-corrected chi connectivity index (χ1v) is 5.16. The van der Waals surface area contributed by atoms with Gasteiger partial charge in [-0.3, -0.25) is 0 Å². The van der Waals surface area contributed by atoms with Crippen molar-refractivity contribution in [2.75, 3.05) is 11.9 Å². The molecule has 0 aromatic heterocycles. The van der Waals surface area contributed by atoms with Crippen molar-refractivity contribution in [3.63, 3.8) is 0 Å². The predicted octanol–water partition coefficient (Wildman–Crippen LogP) is 2.69. The normalized spacial score (nSPS) is 15.8. The van der Waals surface area contributed by atoms with Crippen LogP contribution in [0.3, 0.4) is 0 Å². The third kappa shape index (κ3) is 3.62. The number of amides is 2. The maximum atomic E-state index is 12.7. The highest BCUT2D eigenvalue weighted by molar-refractivity contribution is 5.89. The van der Waals surface area contributed by atoms with Crippen LogP contribution in [0.25, 0.3) is 0 Å². The van der Waals surface area contributed by atoms with Gasteiger partial charge in [-0.25, -0.2) is 4.79 Å². The number of halogens is 5. The van der Waals surface area contributed by atoms with E-state index in [-0.39, 0.29) is 17.2 Å². The Bertz CT molecular complexity index is 532. The van der Waals surface area contributed by atoms with Crippen LogP contribution in [0.15, 0.2) is 18.2 Å². The van der Waals surface area contributed by atoms with Gasteiger partial charge in [-0.2, -0.15) is 13.2 Å². The minimum atomic E-state index is -4.55. The van der Waals surface area contributed by atoms with Gasteiger partial charge in [-0.05, 0) is 12.1 Å². The van der Waals surface area contributed by atoms with E-state index in [1.54, 1.807) is 5.32 Å². The molecule has 0 spiro atoms.